The van der Waals surface area contributed by atoms with Crippen molar-refractivity contribution in [2.24, 2.45) is 0 Å². The lowest BCUT2D eigenvalue weighted by molar-refractivity contribution is 0.163. The Morgan fingerprint density at radius 1 is 1.15 bits per heavy atom. The number of rotatable bonds is 3. The highest BCUT2D eigenvalue weighted by molar-refractivity contribution is 6.32. The molecule has 0 spiro atoms. The van der Waals surface area contributed by atoms with E-state index in [1.54, 1.807) is 6.20 Å². The van der Waals surface area contributed by atoms with Gasteiger partial charge in [0.1, 0.15) is 17.4 Å². The van der Waals surface area contributed by atoms with Crippen LogP contribution in [0.5, 0.6) is 5.75 Å². The van der Waals surface area contributed by atoms with Crippen molar-refractivity contribution in [1.29, 1.82) is 0 Å². The van der Waals surface area contributed by atoms with Crippen molar-refractivity contribution in [3.8, 4) is 5.75 Å². The van der Waals surface area contributed by atoms with Crippen LogP contribution >= 0.6 is 11.6 Å². The van der Waals surface area contributed by atoms with Gasteiger partial charge in [-0.25, -0.2) is 18.7 Å². The van der Waals surface area contributed by atoms with Crippen LogP contribution in [0.15, 0.2) is 30.5 Å². The molecule has 0 N–H and O–H groups in total. The molecule has 1 saturated heterocycles. The number of benzene rings is 1. The standard InChI is InChI=1S/C19H17ClF2N4O/c1-11-17-15(4-7-23-11)24-19(18(20)25-17)26-8-5-13(6-9-26)27-16-3-2-12(21)10-14(16)22/h2-4,7,10,13H,5-6,8-9H2,1H3. The average Bonchev–Trinajstić information content (AvgIpc) is 2.65. The first-order valence-corrected chi connectivity index (χ1v) is 9.04. The predicted octanol–water partition coefficient (Wildman–Crippen LogP) is 4.31. The molecule has 4 rings (SSSR count). The topological polar surface area (TPSA) is 51.1 Å². The van der Waals surface area contributed by atoms with Crippen LogP contribution in [0.2, 0.25) is 5.15 Å². The molecule has 8 heteroatoms. The molecule has 27 heavy (non-hydrogen) atoms. The number of anilines is 1. The first kappa shape index (κ1) is 17.9. The number of aromatic nitrogens is 3. The number of aryl methyl sites for hydroxylation is 1. The summed E-state index contributed by atoms with van der Waals surface area (Å²) in [7, 11) is 0. The lowest BCUT2D eigenvalue weighted by atomic mass is 10.1. The molecule has 0 amide bonds. The highest BCUT2D eigenvalue weighted by atomic mass is 35.5. The minimum atomic E-state index is -0.690. The summed E-state index contributed by atoms with van der Waals surface area (Å²) in [6.45, 7) is 3.17. The Morgan fingerprint density at radius 3 is 2.67 bits per heavy atom. The monoisotopic (exact) mass is 390 g/mol. The SMILES string of the molecule is Cc1nccc2nc(N3CCC(Oc4ccc(F)cc4F)CC3)c(Cl)nc12. The van der Waals surface area contributed by atoms with Crippen LogP contribution in [0.3, 0.4) is 0 Å². The number of fused-ring (bicyclic) bond motifs is 1. The van der Waals surface area contributed by atoms with Gasteiger partial charge in [0.2, 0.25) is 0 Å². The molecular weight excluding hydrogens is 374 g/mol. The zero-order chi connectivity index (χ0) is 19.0. The lowest BCUT2D eigenvalue weighted by Crippen LogP contribution is -2.39. The van der Waals surface area contributed by atoms with Crippen molar-refractivity contribution in [3.05, 3.63) is 52.9 Å². The van der Waals surface area contributed by atoms with Gasteiger partial charge < -0.3 is 9.64 Å². The second-order valence-corrected chi connectivity index (χ2v) is 6.84. The van der Waals surface area contributed by atoms with Gasteiger partial charge in [0, 0.05) is 38.2 Å². The number of halogens is 3. The average molecular weight is 391 g/mol. The van der Waals surface area contributed by atoms with Crippen LogP contribution in [-0.4, -0.2) is 34.1 Å². The van der Waals surface area contributed by atoms with Gasteiger partial charge in [-0.3, -0.25) is 4.98 Å². The van der Waals surface area contributed by atoms with E-state index in [0.29, 0.717) is 42.4 Å². The second-order valence-electron chi connectivity index (χ2n) is 6.48. The van der Waals surface area contributed by atoms with Crippen molar-refractivity contribution in [1.82, 2.24) is 15.0 Å². The van der Waals surface area contributed by atoms with Gasteiger partial charge in [-0.05, 0) is 25.1 Å². The molecular formula is C19H17ClF2N4O. The first-order valence-electron chi connectivity index (χ1n) is 8.67. The number of ether oxygens (including phenoxy) is 1. The van der Waals surface area contributed by atoms with Gasteiger partial charge in [-0.2, -0.15) is 0 Å². The van der Waals surface area contributed by atoms with Gasteiger partial charge in [-0.1, -0.05) is 11.6 Å². The van der Waals surface area contributed by atoms with Gasteiger partial charge in [0.15, 0.2) is 22.5 Å². The summed E-state index contributed by atoms with van der Waals surface area (Å²) in [6, 6.07) is 5.14. The van der Waals surface area contributed by atoms with Crippen molar-refractivity contribution in [2.75, 3.05) is 18.0 Å². The van der Waals surface area contributed by atoms with E-state index in [2.05, 4.69) is 15.0 Å². The summed E-state index contributed by atoms with van der Waals surface area (Å²) in [4.78, 5) is 15.3. The highest BCUT2D eigenvalue weighted by Gasteiger charge is 2.25. The fourth-order valence-electron chi connectivity index (χ4n) is 3.22. The maximum atomic E-state index is 13.8. The fraction of sp³-hybridized carbons (Fsp3) is 0.316. The first-order chi connectivity index (χ1) is 13.0. The van der Waals surface area contributed by atoms with Crippen LogP contribution in [0.25, 0.3) is 11.0 Å². The van der Waals surface area contributed by atoms with E-state index < -0.39 is 11.6 Å². The largest absolute Gasteiger partial charge is 0.487 e. The molecule has 5 nitrogen and oxygen atoms in total. The normalized spacial score (nSPS) is 15.3. The molecule has 2 aromatic heterocycles. The summed E-state index contributed by atoms with van der Waals surface area (Å²) in [5, 5.41) is 0.336. The van der Waals surface area contributed by atoms with E-state index in [0.717, 1.165) is 17.3 Å². The van der Waals surface area contributed by atoms with E-state index in [1.807, 2.05) is 17.9 Å². The van der Waals surface area contributed by atoms with E-state index in [-0.39, 0.29) is 11.9 Å². The lowest BCUT2D eigenvalue weighted by Gasteiger charge is -2.33. The molecule has 140 valence electrons. The Hall–Kier alpha value is -2.54. The molecule has 3 heterocycles. The Bertz CT molecular complexity index is 993. The third kappa shape index (κ3) is 3.64. The quantitative estimate of drug-likeness (QED) is 0.667. The zero-order valence-electron chi connectivity index (χ0n) is 14.6. The smallest absolute Gasteiger partial charge is 0.172 e. The summed E-state index contributed by atoms with van der Waals surface area (Å²) in [5.41, 5.74) is 2.21. The van der Waals surface area contributed by atoms with Crippen LogP contribution < -0.4 is 9.64 Å². The molecule has 0 bridgehead atoms. The molecule has 0 radical (unpaired) electrons. The number of pyridine rings is 1. The van der Waals surface area contributed by atoms with Crippen molar-refractivity contribution >= 4 is 28.5 Å². The van der Waals surface area contributed by atoms with Crippen molar-refractivity contribution < 1.29 is 13.5 Å². The Labute approximate surface area is 160 Å². The van der Waals surface area contributed by atoms with E-state index in [1.165, 1.54) is 12.1 Å². The van der Waals surface area contributed by atoms with E-state index >= 15 is 0 Å². The van der Waals surface area contributed by atoms with E-state index in [9.17, 15) is 8.78 Å². The minimum absolute atomic E-state index is 0.0707. The molecule has 3 aromatic rings. The molecule has 1 aliphatic rings. The number of piperidine rings is 1. The number of nitrogens with zero attached hydrogens (tertiary/aromatic N) is 4. The minimum Gasteiger partial charge on any atom is -0.487 e. The zero-order valence-corrected chi connectivity index (χ0v) is 15.4. The highest BCUT2D eigenvalue weighted by Crippen LogP contribution is 2.29. The van der Waals surface area contributed by atoms with E-state index in [4.69, 9.17) is 16.3 Å². The van der Waals surface area contributed by atoms with Gasteiger partial charge in [-0.15, -0.1) is 0 Å². The third-order valence-corrected chi connectivity index (χ3v) is 4.89. The van der Waals surface area contributed by atoms with Crippen LogP contribution in [0, 0.1) is 18.6 Å². The Morgan fingerprint density at radius 2 is 1.93 bits per heavy atom. The molecule has 0 unspecified atom stereocenters. The summed E-state index contributed by atoms with van der Waals surface area (Å²) < 4.78 is 32.5. The fourth-order valence-corrected chi connectivity index (χ4v) is 3.47. The number of hydrogen-bond donors (Lipinski definition) is 0. The predicted molar refractivity (Wildman–Crippen MR) is 99.3 cm³/mol. The second kappa shape index (κ2) is 7.23. The summed E-state index contributed by atoms with van der Waals surface area (Å²) in [6.07, 6.45) is 2.88. The van der Waals surface area contributed by atoms with Crippen LogP contribution in [-0.2, 0) is 0 Å². The summed E-state index contributed by atoms with van der Waals surface area (Å²) >= 11 is 6.35. The molecule has 1 aromatic carbocycles. The molecule has 0 aliphatic carbocycles. The van der Waals surface area contributed by atoms with Crippen molar-refractivity contribution in [2.45, 2.75) is 25.9 Å². The maximum Gasteiger partial charge on any atom is 0.172 e. The molecule has 1 fully saturated rings. The summed E-state index contributed by atoms with van der Waals surface area (Å²) in [5.74, 6) is -0.614. The van der Waals surface area contributed by atoms with Crippen LogP contribution in [0.4, 0.5) is 14.6 Å². The Kier molecular flexibility index (Phi) is 4.78. The van der Waals surface area contributed by atoms with Crippen molar-refractivity contribution in [3.63, 3.8) is 0 Å². The maximum absolute atomic E-state index is 13.8. The van der Waals surface area contributed by atoms with Gasteiger partial charge >= 0.3 is 0 Å². The molecule has 0 saturated carbocycles. The van der Waals surface area contributed by atoms with Gasteiger partial charge in [0.05, 0.1) is 11.2 Å². The third-order valence-electron chi connectivity index (χ3n) is 4.64. The number of hydrogen-bond acceptors (Lipinski definition) is 5. The Balaban J connectivity index is 1.47. The molecule has 1 aliphatic heterocycles. The van der Waals surface area contributed by atoms with Crippen LogP contribution in [0.1, 0.15) is 18.5 Å². The molecule has 0 atom stereocenters. The van der Waals surface area contributed by atoms with Gasteiger partial charge in [0.25, 0.3) is 0 Å².